The van der Waals surface area contributed by atoms with Gasteiger partial charge in [-0.25, -0.2) is 0 Å². The minimum Gasteiger partial charge on any atom is -0.370 e. The van der Waals surface area contributed by atoms with Gasteiger partial charge in [-0.2, -0.15) is 0 Å². The van der Waals surface area contributed by atoms with Gasteiger partial charge in [0.2, 0.25) is 0 Å². The summed E-state index contributed by atoms with van der Waals surface area (Å²) in [5.74, 6) is 0. The van der Waals surface area contributed by atoms with Crippen molar-refractivity contribution in [1.82, 2.24) is 5.32 Å². The third kappa shape index (κ3) is 4.23. The molecule has 1 atom stereocenters. The van der Waals surface area contributed by atoms with E-state index < -0.39 is 0 Å². The lowest BCUT2D eigenvalue weighted by Crippen LogP contribution is -2.17. The van der Waals surface area contributed by atoms with Crippen LogP contribution < -0.4 is 10.2 Å². The van der Waals surface area contributed by atoms with Crippen molar-refractivity contribution in [3.8, 4) is 0 Å². The highest BCUT2D eigenvalue weighted by atomic mass is 35.5. The number of benzene rings is 2. The number of nitrogens with one attached hydrogen (secondary N) is 1. The molecule has 0 aliphatic heterocycles. The predicted octanol–water partition coefficient (Wildman–Crippen LogP) is 4.65. The van der Waals surface area contributed by atoms with Crippen LogP contribution in [0.1, 0.15) is 30.5 Å². The lowest BCUT2D eigenvalue weighted by molar-refractivity contribution is 0.577. The maximum Gasteiger partial charge on any atom is 0.0426 e. The Morgan fingerprint density at radius 3 is 2.43 bits per heavy atom. The predicted molar refractivity (Wildman–Crippen MR) is 92.1 cm³/mol. The number of rotatable bonds is 6. The number of anilines is 1. The van der Waals surface area contributed by atoms with Crippen molar-refractivity contribution in [2.75, 3.05) is 19.0 Å². The molecular weight excluding hydrogens is 280 g/mol. The summed E-state index contributed by atoms with van der Waals surface area (Å²) in [6.07, 6.45) is 1.09. The molecule has 0 aliphatic rings. The van der Waals surface area contributed by atoms with Crippen LogP contribution in [0.4, 0.5) is 5.69 Å². The monoisotopic (exact) mass is 302 g/mol. The summed E-state index contributed by atoms with van der Waals surface area (Å²) >= 11 is 6.04. The second-order valence-electron chi connectivity index (χ2n) is 5.33. The molecule has 21 heavy (non-hydrogen) atoms. The summed E-state index contributed by atoms with van der Waals surface area (Å²) in [5.41, 5.74) is 3.76. The van der Waals surface area contributed by atoms with E-state index >= 15 is 0 Å². The second-order valence-corrected chi connectivity index (χ2v) is 5.76. The van der Waals surface area contributed by atoms with Gasteiger partial charge in [0.15, 0.2) is 0 Å². The van der Waals surface area contributed by atoms with Crippen LogP contribution in [0.25, 0.3) is 0 Å². The lowest BCUT2D eigenvalue weighted by atomic mass is 10.0. The molecule has 0 aromatic heterocycles. The molecule has 1 unspecified atom stereocenters. The van der Waals surface area contributed by atoms with E-state index in [0.29, 0.717) is 6.04 Å². The Morgan fingerprint density at radius 1 is 1.14 bits per heavy atom. The molecule has 2 aromatic carbocycles. The molecule has 0 spiro atoms. The minimum atomic E-state index is 0.428. The van der Waals surface area contributed by atoms with Crippen molar-refractivity contribution in [2.45, 2.75) is 25.9 Å². The fourth-order valence-corrected chi connectivity index (χ4v) is 2.78. The van der Waals surface area contributed by atoms with E-state index in [1.807, 2.05) is 25.2 Å². The molecule has 1 N–H and O–H groups in total. The van der Waals surface area contributed by atoms with E-state index in [1.54, 1.807) is 0 Å². The van der Waals surface area contributed by atoms with Gasteiger partial charge < -0.3 is 10.2 Å². The summed E-state index contributed by atoms with van der Waals surface area (Å²) in [6, 6.07) is 17.2. The molecule has 3 heteroatoms. The van der Waals surface area contributed by atoms with Gasteiger partial charge in [0.1, 0.15) is 0 Å². The standard InChI is InChI=1S/C18H23ClN2/c1-4-18(20-2)15-8-10-17(11-9-15)21(3)13-14-6-5-7-16(19)12-14/h5-12,18,20H,4,13H2,1-3H3. The van der Waals surface area contributed by atoms with E-state index in [1.165, 1.54) is 16.8 Å². The van der Waals surface area contributed by atoms with Crippen LogP contribution in [0.2, 0.25) is 5.02 Å². The fourth-order valence-electron chi connectivity index (χ4n) is 2.57. The Hall–Kier alpha value is -1.51. The van der Waals surface area contributed by atoms with E-state index in [0.717, 1.165) is 18.0 Å². The average molecular weight is 303 g/mol. The van der Waals surface area contributed by atoms with Crippen LogP contribution in [0.3, 0.4) is 0 Å². The summed E-state index contributed by atoms with van der Waals surface area (Å²) in [5, 5.41) is 4.12. The first-order chi connectivity index (χ1) is 10.1. The highest BCUT2D eigenvalue weighted by molar-refractivity contribution is 6.30. The third-order valence-electron chi connectivity index (χ3n) is 3.80. The quantitative estimate of drug-likeness (QED) is 0.836. The normalized spacial score (nSPS) is 12.2. The van der Waals surface area contributed by atoms with Crippen molar-refractivity contribution >= 4 is 17.3 Å². The van der Waals surface area contributed by atoms with Crippen LogP contribution in [0, 0.1) is 0 Å². The summed E-state index contributed by atoms with van der Waals surface area (Å²) in [4.78, 5) is 2.23. The van der Waals surface area contributed by atoms with Crippen LogP contribution in [-0.4, -0.2) is 14.1 Å². The van der Waals surface area contributed by atoms with Crippen LogP contribution in [-0.2, 0) is 6.54 Å². The molecule has 2 rings (SSSR count). The first kappa shape index (κ1) is 15.9. The third-order valence-corrected chi connectivity index (χ3v) is 4.04. The Labute approximate surface area is 132 Å². The number of hydrogen-bond donors (Lipinski definition) is 1. The molecule has 2 nitrogen and oxygen atoms in total. The highest BCUT2D eigenvalue weighted by Crippen LogP contribution is 2.22. The van der Waals surface area contributed by atoms with E-state index in [4.69, 9.17) is 11.6 Å². The lowest BCUT2D eigenvalue weighted by Gasteiger charge is -2.21. The molecule has 0 heterocycles. The van der Waals surface area contributed by atoms with Crippen molar-refractivity contribution in [3.05, 3.63) is 64.7 Å². The van der Waals surface area contributed by atoms with Gasteiger partial charge in [0.25, 0.3) is 0 Å². The van der Waals surface area contributed by atoms with Crippen molar-refractivity contribution in [3.63, 3.8) is 0 Å². The Morgan fingerprint density at radius 2 is 1.86 bits per heavy atom. The molecule has 2 aromatic rings. The fraction of sp³-hybridized carbons (Fsp3) is 0.333. The summed E-state index contributed by atoms with van der Waals surface area (Å²) in [7, 11) is 4.11. The molecule has 0 fully saturated rings. The molecule has 0 saturated heterocycles. The van der Waals surface area contributed by atoms with Crippen molar-refractivity contribution < 1.29 is 0 Å². The summed E-state index contributed by atoms with van der Waals surface area (Å²) in [6.45, 7) is 3.05. The van der Waals surface area contributed by atoms with Gasteiger partial charge in [0.05, 0.1) is 0 Å². The second kappa shape index (κ2) is 7.48. The van der Waals surface area contributed by atoms with Gasteiger partial charge in [-0.15, -0.1) is 0 Å². The molecular formula is C18H23ClN2. The maximum absolute atomic E-state index is 6.04. The molecule has 0 bridgehead atoms. The minimum absolute atomic E-state index is 0.428. The van der Waals surface area contributed by atoms with E-state index in [9.17, 15) is 0 Å². The molecule has 0 radical (unpaired) electrons. The van der Waals surface area contributed by atoms with E-state index in [-0.39, 0.29) is 0 Å². The van der Waals surface area contributed by atoms with Crippen molar-refractivity contribution in [2.24, 2.45) is 0 Å². The number of halogens is 1. The Balaban J connectivity index is 2.07. The number of nitrogens with zero attached hydrogens (tertiary/aromatic N) is 1. The zero-order chi connectivity index (χ0) is 15.2. The van der Waals surface area contributed by atoms with Gasteiger partial charge in [0, 0.05) is 30.3 Å². The first-order valence-electron chi connectivity index (χ1n) is 7.37. The topological polar surface area (TPSA) is 15.3 Å². The van der Waals surface area contributed by atoms with Crippen molar-refractivity contribution in [1.29, 1.82) is 0 Å². The molecule has 112 valence electrons. The average Bonchev–Trinajstić information content (AvgIpc) is 2.49. The molecule has 0 amide bonds. The first-order valence-corrected chi connectivity index (χ1v) is 7.74. The smallest absolute Gasteiger partial charge is 0.0426 e. The maximum atomic E-state index is 6.04. The van der Waals surface area contributed by atoms with Crippen LogP contribution in [0.5, 0.6) is 0 Å². The Kier molecular flexibility index (Phi) is 5.66. The Bertz CT molecular complexity index is 562. The molecule has 0 saturated carbocycles. The number of hydrogen-bond acceptors (Lipinski definition) is 2. The SMILES string of the molecule is CCC(NC)c1ccc(N(C)Cc2cccc(Cl)c2)cc1. The van der Waals surface area contributed by atoms with Gasteiger partial charge >= 0.3 is 0 Å². The largest absolute Gasteiger partial charge is 0.370 e. The highest BCUT2D eigenvalue weighted by Gasteiger charge is 2.07. The zero-order valence-corrected chi connectivity index (χ0v) is 13.7. The van der Waals surface area contributed by atoms with Crippen LogP contribution in [0.15, 0.2) is 48.5 Å². The van der Waals surface area contributed by atoms with Gasteiger partial charge in [-0.1, -0.05) is 42.8 Å². The summed E-state index contributed by atoms with van der Waals surface area (Å²) < 4.78 is 0. The van der Waals surface area contributed by atoms with Gasteiger partial charge in [-0.3, -0.25) is 0 Å². The van der Waals surface area contributed by atoms with Gasteiger partial charge in [-0.05, 0) is 48.9 Å². The van der Waals surface area contributed by atoms with Crippen LogP contribution >= 0.6 is 11.6 Å². The molecule has 0 aliphatic carbocycles. The van der Waals surface area contributed by atoms with E-state index in [2.05, 4.69) is 54.5 Å². The zero-order valence-electron chi connectivity index (χ0n) is 12.9.